The van der Waals surface area contributed by atoms with Gasteiger partial charge in [-0.1, -0.05) is 0 Å². The van der Waals surface area contributed by atoms with Crippen molar-refractivity contribution in [1.29, 1.82) is 0 Å². The summed E-state index contributed by atoms with van der Waals surface area (Å²) in [6.07, 6.45) is -18.0. The van der Waals surface area contributed by atoms with Crippen LogP contribution in [0.4, 0.5) is 0 Å². The zero-order valence-corrected chi connectivity index (χ0v) is 17.4. The average molecular weight is 547 g/mol. The fourth-order valence-electron chi connectivity index (χ4n) is 2.91. The van der Waals surface area contributed by atoms with Crippen molar-refractivity contribution in [2.45, 2.75) is 74.4 Å². The van der Waals surface area contributed by atoms with Crippen LogP contribution in [0.5, 0.6) is 0 Å². The fraction of sp³-hybridized carbons (Fsp3) is 0.933. The average Bonchev–Trinajstić information content (AvgIpc) is 2.66. The summed E-state index contributed by atoms with van der Waals surface area (Å²) < 4.78 is 20.6. The van der Waals surface area contributed by atoms with Crippen molar-refractivity contribution in [3.05, 3.63) is 0 Å². The number of ether oxygens (including phenoxy) is 4. The van der Waals surface area contributed by atoms with Crippen LogP contribution in [-0.2, 0) is 23.7 Å². The van der Waals surface area contributed by atoms with Gasteiger partial charge < -0.3 is 87.2 Å². The summed E-state index contributed by atoms with van der Waals surface area (Å²) in [5.41, 5.74) is 0. The molecule has 208 valence electrons. The first-order valence-electron chi connectivity index (χ1n) is 8.59. The van der Waals surface area contributed by atoms with Crippen LogP contribution in [0.1, 0.15) is 6.92 Å². The molecule has 2 heterocycles. The molecule has 1 unspecified atom stereocenters. The van der Waals surface area contributed by atoms with Gasteiger partial charge in [-0.05, 0) is 6.92 Å². The summed E-state index contributed by atoms with van der Waals surface area (Å²) in [5, 5.41) is 77.6. The Kier molecular flexibility index (Phi) is 25.0. The van der Waals surface area contributed by atoms with Crippen LogP contribution in [0.3, 0.4) is 0 Å². The molecular formula is C15H38CaO18. The van der Waals surface area contributed by atoms with Gasteiger partial charge in [-0.25, -0.2) is 4.79 Å². The van der Waals surface area contributed by atoms with Crippen LogP contribution in [0.15, 0.2) is 0 Å². The van der Waals surface area contributed by atoms with E-state index in [0.29, 0.717) is 0 Å². The second-order valence-electron chi connectivity index (χ2n) is 6.61. The van der Waals surface area contributed by atoms with Crippen molar-refractivity contribution in [3.63, 3.8) is 0 Å². The van der Waals surface area contributed by atoms with Crippen LogP contribution in [0, 0.1) is 0 Å². The van der Waals surface area contributed by atoms with E-state index in [1.165, 1.54) is 0 Å². The number of hydrogen-bond acceptors (Lipinski definition) is 13. The van der Waals surface area contributed by atoms with Gasteiger partial charge in [0.25, 0.3) is 0 Å². The Bertz CT molecular complexity index is 526. The van der Waals surface area contributed by atoms with Gasteiger partial charge in [-0.3, -0.25) is 0 Å². The Morgan fingerprint density at radius 1 is 0.794 bits per heavy atom. The minimum absolute atomic E-state index is 0. The third-order valence-electron chi connectivity index (χ3n) is 4.55. The first-order valence-corrected chi connectivity index (χ1v) is 8.59. The molecule has 0 amide bonds. The first kappa shape index (κ1) is 44.1. The molecule has 18 N–H and O–H groups in total. The van der Waals surface area contributed by atoms with Crippen LogP contribution >= 0.6 is 0 Å². The third-order valence-corrected chi connectivity index (χ3v) is 4.55. The quantitative estimate of drug-likeness (QED) is 0.113. The molecule has 11 atom stereocenters. The van der Waals surface area contributed by atoms with Gasteiger partial charge in [0.15, 0.2) is 18.7 Å². The predicted octanol–water partition coefficient (Wildman–Crippen LogP) is -10.5. The molecule has 2 aliphatic rings. The maximum atomic E-state index is 11.7. The van der Waals surface area contributed by atoms with Crippen molar-refractivity contribution in [2.24, 2.45) is 0 Å². The number of aliphatic hydroxyl groups is 8. The summed E-state index contributed by atoms with van der Waals surface area (Å²) in [7, 11) is 0. The predicted molar refractivity (Wildman–Crippen MR) is 111 cm³/mol. The molecule has 0 aromatic heterocycles. The molecule has 0 spiro atoms. The Morgan fingerprint density at radius 3 is 1.71 bits per heavy atom. The van der Waals surface area contributed by atoms with Gasteiger partial charge >= 0.3 is 43.7 Å². The fourth-order valence-corrected chi connectivity index (χ4v) is 2.91. The van der Waals surface area contributed by atoms with Crippen molar-refractivity contribution < 1.29 is 92.0 Å². The molecule has 2 rings (SSSR count). The number of esters is 1. The van der Waals surface area contributed by atoms with Gasteiger partial charge in [0.2, 0.25) is 0 Å². The molecule has 2 fully saturated rings. The van der Waals surface area contributed by atoms with Crippen LogP contribution < -0.4 is 0 Å². The molecule has 0 aromatic rings. The standard InChI is InChI=1S/C15H26O13.Ca.5H2O.2H/c1-4(18)13(23)27-12-8(20)7(19)5(2-16)26-15(12)28-11-6(3-17)25-14(24)10(22)9(11)21;;;;;;;;/h4-12,14-22,24H,2-3H2,1H3;;5*1H2;;/t4?,5-,6-,7+,8+,9-,10-,11-,12-,14-,15+;;;;;;;;/m1......../s1. The van der Waals surface area contributed by atoms with Crippen LogP contribution in [-0.4, -0.2) is 193 Å². The van der Waals surface area contributed by atoms with E-state index < -0.39 is 86.7 Å². The van der Waals surface area contributed by atoms with E-state index in [1.807, 2.05) is 0 Å². The Morgan fingerprint density at radius 2 is 1.26 bits per heavy atom. The van der Waals surface area contributed by atoms with E-state index >= 15 is 0 Å². The van der Waals surface area contributed by atoms with Gasteiger partial charge in [-0.2, -0.15) is 0 Å². The molecule has 0 aromatic carbocycles. The third kappa shape index (κ3) is 9.86. The monoisotopic (exact) mass is 546 g/mol. The van der Waals surface area contributed by atoms with E-state index in [2.05, 4.69) is 0 Å². The molecule has 0 aliphatic carbocycles. The van der Waals surface area contributed by atoms with Crippen molar-refractivity contribution in [2.75, 3.05) is 13.2 Å². The van der Waals surface area contributed by atoms with E-state index in [9.17, 15) is 45.6 Å². The summed E-state index contributed by atoms with van der Waals surface area (Å²) >= 11 is 0. The normalized spacial score (nSPS) is 37.4. The molecule has 0 bridgehead atoms. The van der Waals surface area contributed by atoms with Gasteiger partial charge in [-0.15, -0.1) is 0 Å². The van der Waals surface area contributed by atoms with E-state index in [-0.39, 0.29) is 65.1 Å². The summed E-state index contributed by atoms with van der Waals surface area (Å²) in [4.78, 5) is 11.7. The number of aliphatic hydroxyl groups excluding tert-OH is 8. The van der Waals surface area contributed by atoms with Crippen molar-refractivity contribution >= 4 is 43.7 Å². The molecule has 0 radical (unpaired) electrons. The van der Waals surface area contributed by atoms with E-state index in [0.717, 1.165) is 6.92 Å². The van der Waals surface area contributed by atoms with Gasteiger partial charge in [0.05, 0.1) is 13.2 Å². The van der Waals surface area contributed by atoms with Crippen LogP contribution in [0.25, 0.3) is 0 Å². The topological polar surface area (TPSA) is 373 Å². The Labute approximate surface area is 222 Å². The zero-order valence-electron chi connectivity index (χ0n) is 17.4. The SMILES string of the molecule is CC(O)C(=O)O[C@H]1[C@H](O[C@H]2[C@H](O)[C@@H](O)[C@H](O)O[C@@H]2CO)O[C@H](CO)[C@H](O)[C@@H]1O.O.O.O.O.O.[CaH2]. The van der Waals surface area contributed by atoms with Crippen LogP contribution in [0.2, 0.25) is 0 Å². The Balaban J connectivity index is -0.000000467. The molecular weight excluding hydrogens is 508 g/mol. The molecule has 2 saturated heterocycles. The summed E-state index contributed by atoms with van der Waals surface area (Å²) in [6, 6.07) is 0. The molecule has 2 aliphatic heterocycles. The number of carbonyl (C=O) groups excluding carboxylic acids is 1. The first-order chi connectivity index (χ1) is 13.1. The second-order valence-corrected chi connectivity index (χ2v) is 6.61. The van der Waals surface area contributed by atoms with Gasteiger partial charge in [0.1, 0.15) is 48.8 Å². The summed E-state index contributed by atoms with van der Waals surface area (Å²) in [5.74, 6) is -1.18. The molecule has 18 nitrogen and oxygen atoms in total. The minimum atomic E-state index is -1.81. The number of hydrogen-bond donors (Lipinski definition) is 8. The summed E-state index contributed by atoms with van der Waals surface area (Å²) in [6.45, 7) is -0.395. The second kappa shape index (κ2) is 19.2. The number of carbonyl (C=O) groups is 1. The zero-order chi connectivity index (χ0) is 21.2. The maximum absolute atomic E-state index is 11.7. The molecule has 34 heavy (non-hydrogen) atoms. The van der Waals surface area contributed by atoms with E-state index in [4.69, 9.17) is 18.9 Å². The van der Waals surface area contributed by atoms with Crippen molar-refractivity contribution in [1.82, 2.24) is 0 Å². The molecule has 0 saturated carbocycles. The molecule has 19 heteroatoms. The van der Waals surface area contributed by atoms with Gasteiger partial charge in [0, 0.05) is 0 Å². The number of rotatable bonds is 6. The van der Waals surface area contributed by atoms with E-state index in [1.54, 1.807) is 0 Å². The Hall–Kier alpha value is 0.0897. The van der Waals surface area contributed by atoms with Crippen molar-refractivity contribution in [3.8, 4) is 0 Å².